The van der Waals surface area contributed by atoms with Crippen molar-refractivity contribution < 1.29 is 0 Å². The van der Waals surface area contributed by atoms with Crippen molar-refractivity contribution in [3.8, 4) is 0 Å². The van der Waals surface area contributed by atoms with Gasteiger partial charge in [-0.3, -0.25) is 0 Å². The van der Waals surface area contributed by atoms with Gasteiger partial charge in [-0.15, -0.1) is 0 Å². The van der Waals surface area contributed by atoms with Gasteiger partial charge in [0.1, 0.15) is 0 Å². The van der Waals surface area contributed by atoms with Gasteiger partial charge in [0.15, 0.2) is 0 Å². The summed E-state index contributed by atoms with van der Waals surface area (Å²) < 4.78 is 1.10. The lowest BCUT2D eigenvalue weighted by Crippen LogP contribution is -2.44. The molecule has 0 bridgehead atoms. The van der Waals surface area contributed by atoms with Crippen LogP contribution in [0.1, 0.15) is 25.7 Å². The molecule has 0 spiro atoms. The lowest BCUT2D eigenvalue weighted by molar-refractivity contribution is 0.478. The van der Waals surface area contributed by atoms with Crippen molar-refractivity contribution in [3.05, 3.63) is 16.0 Å². The molecule has 92 valence electrons. The number of hydrogen-bond acceptors (Lipinski definition) is 4. The van der Waals surface area contributed by atoms with Crippen LogP contribution in [0, 0.1) is 3.57 Å². The fourth-order valence-corrected chi connectivity index (χ4v) is 3.23. The van der Waals surface area contributed by atoms with E-state index in [1.807, 2.05) is 12.4 Å². The molecular weight excluding hydrogens is 327 g/mol. The lowest BCUT2D eigenvalue weighted by atomic mass is 10.0. The molecule has 3 heterocycles. The number of rotatable bonds is 2. The van der Waals surface area contributed by atoms with Crippen LogP contribution in [0.5, 0.6) is 0 Å². The van der Waals surface area contributed by atoms with E-state index in [1.165, 1.54) is 32.2 Å². The van der Waals surface area contributed by atoms with Crippen LogP contribution in [-0.2, 0) is 0 Å². The fraction of sp³-hybridized carbons (Fsp3) is 0.667. The number of anilines is 1. The summed E-state index contributed by atoms with van der Waals surface area (Å²) >= 11 is 2.25. The van der Waals surface area contributed by atoms with E-state index < -0.39 is 0 Å². The molecule has 4 nitrogen and oxygen atoms in total. The van der Waals surface area contributed by atoms with Gasteiger partial charge in [-0.2, -0.15) is 0 Å². The normalized spacial score (nSPS) is 28.9. The van der Waals surface area contributed by atoms with Crippen LogP contribution in [0.25, 0.3) is 0 Å². The first-order valence-corrected chi connectivity index (χ1v) is 7.40. The predicted molar refractivity (Wildman–Crippen MR) is 76.1 cm³/mol. The van der Waals surface area contributed by atoms with Gasteiger partial charge in [-0.1, -0.05) is 0 Å². The molecule has 3 rings (SSSR count). The smallest absolute Gasteiger partial charge is 0.225 e. The minimum atomic E-state index is 0.595. The molecule has 5 heteroatoms. The molecule has 2 aliphatic heterocycles. The van der Waals surface area contributed by atoms with Crippen molar-refractivity contribution in [3.63, 3.8) is 0 Å². The van der Waals surface area contributed by atoms with Gasteiger partial charge in [0.25, 0.3) is 0 Å². The Morgan fingerprint density at radius 1 is 1.24 bits per heavy atom. The van der Waals surface area contributed by atoms with Gasteiger partial charge < -0.3 is 10.2 Å². The molecule has 0 aliphatic carbocycles. The summed E-state index contributed by atoms with van der Waals surface area (Å²) in [7, 11) is 0. The quantitative estimate of drug-likeness (QED) is 0.831. The van der Waals surface area contributed by atoms with Crippen LogP contribution in [0.2, 0.25) is 0 Å². The highest BCUT2D eigenvalue weighted by atomic mass is 127. The number of nitrogens with zero attached hydrogens (tertiary/aromatic N) is 3. The summed E-state index contributed by atoms with van der Waals surface area (Å²) in [5, 5.41) is 3.61. The minimum absolute atomic E-state index is 0.595. The molecule has 2 unspecified atom stereocenters. The first-order valence-electron chi connectivity index (χ1n) is 6.32. The van der Waals surface area contributed by atoms with Crippen molar-refractivity contribution in [2.24, 2.45) is 0 Å². The van der Waals surface area contributed by atoms with Crippen molar-refractivity contribution in [2.75, 3.05) is 18.0 Å². The van der Waals surface area contributed by atoms with E-state index in [-0.39, 0.29) is 0 Å². The van der Waals surface area contributed by atoms with E-state index >= 15 is 0 Å². The van der Waals surface area contributed by atoms with E-state index in [4.69, 9.17) is 0 Å². The van der Waals surface area contributed by atoms with Crippen molar-refractivity contribution >= 4 is 28.5 Å². The second kappa shape index (κ2) is 5.06. The lowest BCUT2D eigenvalue weighted by Gasteiger charge is -2.29. The van der Waals surface area contributed by atoms with Crippen LogP contribution < -0.4 is 10.2 Å². The topological polar surface area (TPSA) is 41.1 Å². The van der Waals surface area contributed by atoms with E-state index in [9.17, 15) is 0 Å². The third-order valence-electron chi connectivity index (χ3n) is 3.73. The SMILES string of the molecule is Ic1cnc(N2CCCC2C2CCCN2)nc1. The summed E-state index contributed by atoms with van der Waals surface area (Å²) in [5.41, 5.74) is 0. The molecule has 0 saturated carbocycles. The summed E-state index contributed by atoms with van der Waals surface area (Å²) in [6, 6.07) is 1.23. The molecule has 0 radical (unpaired) electrons. The van der Waals surface area contributed by atoms with Crippen molar-refractivity contribution in [1.29, 1.82) is 0 Å². The zero-order chi connectivity index (χ0) is 11.7. The molecule has 1 N–H and O–H groups in total. The first-order chi connectivity index (χ1) is 8.34. The Kier molecular flexibility index (Phi) is 3.46. The average Bonchev–Trinajstić information content (AvgIpc) is 3.00. The Hall–Kier alpha value is -0.430. The Morgan fingerprint density at radius 3 is 2.76 bits per heavy atom. The van der Waals surface area contributed by atoms with Gasteiger partial charge >= 0.3 is 0 Å². The van der Waals surface area contributed by atoms with Gasteiger partial charge in [0.05, 0.1) is 0 Å². The van der Waals surface area contributed by atoms with Crippen molar-refractivity contribution in [1.82, 2.24) is 15.3 Å². The van der Waals surface area contributed by atoms with Crippen LogP contribution in [0.15, 0.2) is 12.4 Å². The molecule has 2 saturated heterocycles. The fourth-order valence-electron chi connectivity index (χ4n) is 2.95. The molecule has 17 heavy (non-hydrogen) atoms. The monoisotopic (exact) mass is 344 g/mol. The third-order valence-corrected chi connectivity index (χ3v) is 4.28. The van der Waals surface area contributed by atoms with Gasteiger partial charge in [0.2, 0.25) is 5.95 Å². The van der Waals surface area contributed by atoms with Crippen molar-refractivity contribution in [2.45, 2.75) is 37.8 Å². The van der Waals surface area contributed by atoms with E-state index in [0.717, 1.165) is 16.1 Å². The standard InChI is InChI=1S/C12H17IN4/c13-9-7-15-12(16-8-9)17-6-2-4-11(17)10-3-1-5-14-10/h7-8,10-11,14H,1-6H2. The molecular formula is C12H17IN4. The van der Waals surface area contributed by atoms with Gasteiger partial charge in [-0.25, -0.2) is 9.97 Å². The van der Waals surface area contributed by atoms with Crippen LogP contribution >= 0.6 is 22.6 Å². The Morgan fingerprint density at radius 2 is 2.06 bits per heavy atom. The van der Waals surface area contributed by atoms with Gasteiger partial charge in [0, 0.05) is 34.6 Å². The minimum Gasteiger partial charge on any atom is -0.336 e. The highest BCUT2D eigenvalue weighted by molar-refractivity contribution is 14.1. The number of aromatic nitrogens is 2. The zero-order valence-electron chi connectivity index (χ0n) is 9.77. The number of halogens is 1. The highest BCUT2D eigenvalue weighted by Crippen LogP contribution is 2.27. The Bertz CT molecular complexity index is 375. The van der Waals surface area contributed by atoms with Gasteiger partial charge in [-0.05, 0) is 54.8 Å². The van der Waals surface area contributed by atoms with E-state index in [1.54, 1.807) is 0 Å². The largest absolute Gasteiger partial charge is 0.336 e. The first kappa shape index (κ1) is 11.6. The average molecular weight is 344 g/mol. The Labute approximate surface area is 115 Å². The Balaban J connectivity index is 1.78. The summed E-state index contributed by atoms with van der Waals surface area (Å²) in [6.07, 6.45) is 8.94. The molecule has 1 aromatic rings. The predicted octanol–water partition coefficient (Wildman–Crippen LogP) is 1.80. The maximum atomic E-state index is 4.46. The van der Waals surface area contributed by atoms with Crippen LogP contribution in [0.3, 0.4) is 0 Å². The number of nitrogens with one attached hydrogen (secondary N) is 1. The zero-order valence-corrected chi connectivity index (χ0v) is 11.9. The van der Waals surface area contributed by atoms with E-state index in [0.29, 0.717) is 12.1 Å². The van der Waals surface area contributed by atoms with Crippen LogP contribution in [-0.4, -0.2) is 35.1 Å². The molecule has 2 atom stereocenters. The molecule has 0 amide bonds. The maximum absolute atomic E-state index is 4.46. The third kappa shape index (κ3) is 2.40. The summed E-state index contributed by atoms with van der Waals surface area (Å²) in [6.45, 7) is 2.27. The number of hydrogen-bond donors (Lipinski definition) is 1. The second-order valence-corrected chi connectivity index (χ2v) is 6.05. The van der Waals surface area contributed by atoms with Crippen LogP contribution in [0.4, 0.5) is 5.95 Å². The summed E-state index contributed by atoms with van der Waals surface area (Å²) in [5.74, 6) is 0.904. The van der Waals surface area contributed by atoms with E-state index in [2.05, 4.69) is 42.8 Å². The maximum Gasteiger partial charge on any atom is 0.225 e. The summed E-state index contributed by atoms with van der Waals surface area (Å²) in [4.78, 5) is 11.3. The molecule has 2 fully saturated rings. The molecule has 1 aromatic heterocycles. The molecule has 2 aliphatic rings. The highest BCUT2D eigenvalue weighted by Gasteiger charge is 2.34. The second-order valence-electron chi connectivity index (χ2n) is 4.81. The molecule has 0 aromatic carbocycles.